The van der Waals surface area contributed by atoms with Gasteiger partial charge in [-0.25, -0.2) is 0 Å². The first kappa shape index (κ1) is 12.1. The molecule has 1 saturated carbocycles. The van der Waals surface area contributed by atoms with Crippen LogP contribution in [-0.4, -0.2) is 13.1 Å². The zero-order valence-electron chi connectivity index (χ0n) is 10.1. The van der Waals surface area contributed by atoms with Gasteiger partial charge in [-0.2, -0.15) is 0 Å². The molecular formula is C13H22N2S. The lowest BCUT2D eigenvalue weighted by Gasteiger charge is -2.41. The van der Waals surface area contributed by atoms with Gasteiger partial charge >= 0.3 is 0 Å². The molecule has 0 aliphatic heterocycles. The Kier molecular flexibility index (Phi) is 4.00. The predicted molar refractivity (Wildman–Crippen MR) is 70.7 cm³/mol. The molecule has 2 nitrogen and oxygen atoms in total. The fraction of sp³-hybridized carbons (Fsp3) is 0.692. The molecular weight excluding hydrogens is 216 g/mol. The van der Waals surface area contributed by atoms with Gasteiger partial charge in [0.05, 0.1) is 0 Å². The van der Waals surface area contributed by atoms with Crippen molar-refractivity contribution in [2.45, 2.75) is 39.2 Å². The summed E-state index contributed by atoms with van der Waals surface area (Å²) in [6, 6.07) is 2.24. The van der Waals surface area contributed by atoms with Crippen LogP contribution in [0.15, 0.2) is 11.4 Å². The Bertz CT molecular complexity index is 323. The molecule has 0 saturated heterocycles. The second-order valence-corrected chi connectivity index (χ2v) is 5.88. The summed E-state index contributed by atoms with van der Waals surface area (Å²) in [5.41, 5.74) is 7.76. The van der Waals surface area contributed by atoms with Crippen molar-refractivity contribution in [3.63, 3.8) is 0 Å². The molecule has 0 unspecified atom stereocenters. The molecule has 1 aromatic rings. The molecule has 3 N–H and O–H groups in total. The standard InChI is InChI=1S/C13H22N2S/c1-2-11-4-7-16-12(11)8-15-10-13(9-14)5-3-6-13/h4,7,15H,2-3,5-6,8-10,14H2,1H3. The molecule has 1 aromatic heterocycles. The van der Waals surface area contributed by atoms with Crippen molar-refractivity contribution in [3.8, 4) is 0 Å². The van der Waals surface area contributed by atoms with E-state index in [-0.39, 0.29) is 0 Å². The van der Waals surface area contributed by atoms with E-state index < -0.39 is 0 Å². The molecule has 1 heterocycles. The van der Waals surface area contributed by atoms with Gasteiger partial charge in [0.2, 0.25) is 0 Å². The molecule has 3 heteroatoms. The third kappa shape index (κ3) is 2.47. The van der Waals surface area contributed by atoms with Crippen LogP contribution in [0.1, 0.15) is 36.6 Å². The van der Waals surface area contributed by atoms with Gasteiger partial charge in [-0.1, -0.05) is 13.3 Å². The van der Waals surface area contributed by atoms with E-state index in [1.165, 1.54) is 29.7 Å². The first-order chi connectivity index (χ1) is 7.79. The van der Waals surface area contributed by atoms with Crippen LogP contribution in [0.25, 0.3) is 0 Å². The Balaban J connectivity index is 1.79. The van der Waals surface area contributed by atoms with Crippen molar-refractivity contribution in [2.75, 3.05) is 13.1 Å². The van der Waals surface area contributed by atoms with Crippen molar-refractivity contribution < 1.29 is 0 Å². The number of aryl methyl sites for hydroxylation is 1. The fourth-order valence-corrected chi connectivity index (χ4v) is 3.35. The van der Waals surface area contributed by atoms with Crippen molar-refractivity contribution in [1.29, 1.82) is 0 Å². The van der Waals surface area contributed by atoms with Crippen molar-refractivity contribution in [1.82, 2.24) is 5.32 Å². The van der Waals surface area contributed by atoms with Gasteiger partial charge in [0.25, 0.3) is 0 Å². The highest BCUT2D eigenvalue weighted by Crippen LogP contribution is 2.39. The van der Waals surface area contributed by atoms with E-state index in [0.717, 1.165) is 26.1 Å². The van der Waals surface area contributed by atoms with E-state index in [2.05, 4.69) is 23.7 Å². The van der Waals surface area contributed by atoms with Gasteiger partial charge in [0, 0.05) is 18.0 Å². The number of nitrogens with two attached hydrogens (primary N) is 1. The maximum Gasteiger partial charge on any atom is 0.0302 e. The maximum atomic E-state index is 5.85. The Hall–Kier alpha value is -0.380. The zero-order chi connectivity index (χ0) is 11.4. The molecule has 0 amide bonds. The van der Waals surface area contributed by atoms with Gasteiger partial charge < -0.3 is 11.1 Å². The molecule has 0 atom stereocenters. The highest BCUT2D eigenvalue weighted by Gasteiger charge is 2.34. The Morgan fingerprint density at radius 1 is 1.50 bits per heavy atom. The summed E-state index contributed by atoms with van der Waals surface area (Å²) in [4.78, 5) is 1.49. The first-order valence-electron chi connectivity index (χ1n) is 6.26. The van der Waals surface area contributed by atoms with E-state index in [4.69, 9.17) is 5.73 Å². The third-order valence-corrected chi connectivity index (χ3v) is 4.81. The average molecular weight is 238 g/mol. The summed E-state index contributed by atoms with van der Waals surface area (Å²) in [5.74, 6) is 0. The zero-order valence-corrected chi connectivity index (χ0v) is 10.9. The predicted octanol–water partition coefficient (Wildman–Crippen LogP) is 2.53. The summed E-state index contributed by atoms with van der Waals surface area (Å²) in [5, 5.41) is 5.78. The van der Waals surface area contributed by atoms with E-state index >= 15 is 0 Å². The summed E-state index contributed by atoms with van der Waals surface area (Å²) in [7, 11) is 0. The summed E-state index contributed by atoms with van der Waals surface area (Å²) in [6.07, 6.45) is 5.11. The number of rotatable bonds is 6. The monoisotopic (exact) mass is 238 g/mol. The molecule has 1 aliphatic carbocycles. The highest BCUT2D eigenvalue weighted by molar-refractivity contribution is 7.10. The minimum absolute atomic E-state index is 0.420. The lowest BCUT2D eigenvalue weighted by Crippen LogP contribution is -2.45. The summed E-state index contributed by atoms with van der Waals surface area (Å²) in [6.45, 7) is 5.16. The van der Waals surface area contributed by atoms with Gasteiger partial charge in [-0.15, -0.1) is 11.3 Å². The van der Waals surface area contributed by atoms with Crippen LogP contribution in [0.3, 0.4) is 0 Å². The first-order valence-corrected chi connectivity index (χ1v) is 7.14. The number of nitrogens with one attached hydrogen (secondary N) is 1. The van der Waals surface area contributed by atoms with Crippen molar-refractivity contribution in [2.24, 2.45) is 11.1 Å². The van der Waals surface area contributed by atoms with Crippen LogP contribution in [0, 0.1) is 5.41 Å². The topological polar surface area (TPSA) is 38.0 Å². The van der Waals surface area contributed by atoms with Gasteiger partial charge in [-0.3, -0.25) is 0 Å². The lowest BCUT2D eigenvalue weighted by atomic mass is 9.69. The van der Waals surface area contributed by atoms with Crippen molar-refractivity contribution >= 4 is 11.3 Å². The third-order valence-electron chi connectivity index (χ3n) is 3.85. The van der Waals surface area contributed by atoms with Crippen LogP contribution in [0.4, 0.5) is 0 Å². The van der Waals surface area contributed by atoms with E-state index in [9.17, 15) is 0 Å². The van der Waals surface area contributed by atoms with Crippen molar-refractivity contribution in [3.05, 3.63) is 21.9 Å². The molecule has 0 aromatic carbocycles. The Morgan fingerprint density at radius 2 is 2.31 bits per heavy atom. The molecule has 0 bridgehead atoms. The second kappa shape index (κ2) is 5.30. The van der Waals surface area contributed by atoms with Crippen LogP contribution in [0.2, 0.25) is 0 Å². The van der Waals surface area contributed by atoms with Crippen LogP contribution < -0.4 is 11.1 Å². The minimum Gasteiger partial charge on any atom is -0.330 e. The van der Waals surface area contributed by atoms with Gasteiger partial charge in [0.15, 0.2) is 0 Å². The molecule has 1 aliphatic rings. The van der Waals surface area contributed by atoms with Gasteiger partial charge in [0.1, 0.15) is 0 Å². The Morgan fingerprint density at radius 3 is 2.88 bits per heavy atom. The quantitative estimate of drug-likeness (QED) is 0.799. The van der Waals surface area contributed by atoms with E-state index in [1.807, 2.05) is 11.3 Å². The summed E-state index contributed by atoms with van der Waals surface area (Å²) >= 11 is 1.86. The van der Waals surface area contributed by atoms with Crippen LogP contribution in [-0.2, 0) is 13.0 Å². The Labute approximate surface area is 102 Å². The lowest BCUT2D eigenvalue weighted by molar-refractivity contribution is 0.141. The maximum absolute atomic E-state index is 5.85. The number of hydrogen-bond donors (Lipinski definition) is 2. The average Bonchev–Trinajstić information content (AvgIpc) is 2.69. The highest BCUT2D eigenvalue weighted by atomic mass is 32.1. The summed E-state index contributed by atoms with van der Waals surface area (Å²) < 4.78 is 0. The number of thiophene rings is 1. The normalized spacial score (nSPS) is 18.4. The second-order valence-electron chi connectivity index (χ2n) is 4.88. The SMILES string of the molecule is CCc1ccsc1CNCC1(CN)CCC1. The fourth-order valence-electron chi connectivity index (χ4n) is 2.41. The largest absolute Gasteiger partial charge is 0.330 e. The molecule has 1 fully saturated rings. The van der Waals surface area contributed by atoms with Crippen LogP contribution >= 0.6 is 11.3 Å². The molecule has 2 rings (SSSR count). The minimum atomic E-state index is 0.420. The molecule has 90 valence electrons. The molecule has 0 spiro atoms. The van der Waals surface area contributed by atoms with Gasteiger partial charge in [-0.05, 0) is 48.2 Å². The number of hydrogen-bond acceptors (Lipinski definition) is 3. The smallest absolute Gasteiger partial charge is 0.0302 e. The van der Waals surface area contributed by atoms with E-state index in [1.54, 1.807) is 0 Å². The van der Waals surface area contributed by atoms with Crippen LogP contribution in [0.5, 0.6) is 0 Å². The van der Waals surface area contributed by atoms with E-state index in [0.29, 0.717) is 5.41 Å². The molecule has 0 radical (unpaired) electrons. The molecule has 16 heavy (non-hydrogen) atoms.